The number of hydrogen-bond donors (Lipinski definition) is 0. The average molecular weight is 111 g/mol. The number of hydrogen-bond acceptors (Lipinski definition) is 0. The second kappa shape index (κ2) is 4.89. The van der Waals surface area contributed by atoms with E-state index in [-0.39, 0.29) is 0 Å². The van der Waals surface area contributed by atoms with Crippen LogP contribution in [0, 0.1) is 6.42 Å². The fourth-order valence-corrected chi connectivity index (χ4v) is 0.729. The molecule has 0 aliphatic rings. The third-order valence-electron chi connectivity index (χ3n) is 1.25. The van der Waals surface area contributed by atoms with E-state index in [1.807, 2.05) is 0 Å². The predicted octanol–water partition coefficient (Wildman–Crippen LogP) is 2.96. The molecule has 0 aromatic heterocycles. The molecule has 47 valence electrons. The Balaban J connectivity index is 3.38. The quantitative estimate of drug-likeness (QED) is 0.525. The van der Waals surface area contributed by atoms with Crippen LogP contribution < -0.4 is 0 Å². The maximum Gasteiger partial charge on any atom is -0.0141 e. The highest BCUT2D eigenvalue weighted by atomic mass is 13.9. The molecule has 0 heteroatoms. The van der Waals surface area contributed by atoms with E-state index < -0.39 is 0 Å². The molecule has 1 radical (unpaired) electrons. The molecular weight excluding hydrogens is 96.1 g/mol. The molecule has 0 nitrogen and oxygen atoms in total. The highest BCUT2D eigenvalue weighted by Gasteiger charge is 1.87. The van der Waals surface area contributed by atoms with Gasteiger partial charge in [0, 0.05) is 0 Å². The maximum absolute atomic E-state index is 2.26. The molecule has 0 aromatic rings. The van der Waals surface area contributed by atoms with Gasteiger partial charge >= 0.3 is 0 Å². The lowest BCUT2D eigenvalue weighted by atomic mass is 10.1. The minimum absolute atomic E-state index is 1.16. The number of allylic oxidation sites excluding steroid dienone is 2. The standard InChI is InChI=1S/C8H15/c1-4-7-8(5-2)6-3/h5,7H,4,6H2,1-3H3. The molecule has 0 atom stereocenters. The molecule has 0 spiro atoms. The first-order chi connectivity index (χ1) is 3.85. The summed E-state index contributed by atoms with van der Waals surface area (Å²) in [6.07, 6.45) is 6.77. The molecule has 0 amide bonds. The normalized spacial score (nSPS) is 12.1. The van der Waals surface area contributed by atoms with Crippen LogP contribution in [0.1, 0.15) is 33.6 Å². The van der Waals surface area contributed by atoms with E-state index in [1.54, 1.807) is 0 Å². The van der Waals surface area contributed by atoms with Crippen LogP contribution >= 0.6 is 0 Å². The van der Waals surface area contributed by atoms with Crippen molar-refractivity contribution in [2.75, 3.05) is 0 Å². The van der Waals surface area contributed by atoms with Crippen molar-refractivity contribution in [1.82, 2.24) is 0 Å². The van der Waals surface area contributed by atoms with Crippen LogP contribution in [-0.4, -0.2) is 0 Å². The largest absolute Gasteiger partial charge is 0.0882 e. The van der Waals surface area contributed by atoms with Crippen LogP contribution in [0.2, 0.25) is 0 Å². The summed E-state index contributed by atoms with van der Waals surface area (Å²) in [7, 11) is 0. The van der Waals surface area contributed by atoms with Crippen molar-refractivity contribution in [3.63, 3.8) is 0 Å². The molecule has 0 aliphatic carbocycles. The maximum atomic E-state index is 2.26. The van der Waals surface area contributed by atoms with Crippen molar-refractivity contribution < 1.29 is 0 Å². The zero-order chi connectivity index (χ0) is 6.41. The zero-order valence-corrected chi connectivity index (χ0v) is 6.07. The topological polar surface area (TPSA) is 0 Å². The van der Waals surface area contributed by atoms with Gasteiger partial charge in [0.15, 0.2) is 0 Å². The minimum Gasteiger partial charge on any atom is -0.0882 e. The van der Waals surface area contributed by atoms with Crippen molar-refractivity contribution in [2.45, 2.75) is 33.6 Å². The molecule has 0 heterocycles. The van der Waals surface area contributed by atoms with Crippen LogP contribution in [-0.2, 0) is 0 Å². The van der Waals surface area contributed by atoms with Gasteiger partial charge in [-0.25, -0.2) is 0 Å². The van der Waals surface area contributed by atoms with Crippen LogP contribution in [0.25, 0.3) is 0 Å². The average Bonchev–Trinajstić information content (AvgIpc) is 1.83. The van der Waals surface area contributed by atoms with Gasteiger partial charge in [0.05, 0.1) is 0 Å². The smallest absolute Gasteiger partial charge is 0.0141 e. The van der Waals surface area contributed by atoms with Gasteiger partial charge in [-0.2, -0.15) is 0 Å². The highest BCUT2D eigenvalue weighted by molar-refractivity contribution is 5.10. The van der Waals surface area contributed by atoms with Crippen LogP contribution in [0.5, 0.6) is 0 Å². The van der Waals surface area contributed by atoms with Crippen molar-refractivity contribution >= 4 is 0 Å². The third kappa shape index (κ3) is 2.84. The lowest BCUT2D eigenvalue weighted by Crippen LogP contribution is -1.78. The molecule has 0 saturated carbocycles. The van der Waals surface area contributed by atoms with Crippen molar-refractivity contribution in [2.24, 2.45) is 0 Å². The SMILES string of the molecule is CC=C([CH]CC)CC. The van der Waals surface area contributed by atoms with Gasteiger partial charge < -0.3 is 0 Å². The Bertz CT molecular complexity index is 70.1. The Kier molecular flexibility index (Phi) is 4.73. The van der Waals surface area contributed by atoms with Crippen molar-refractivity contribution in [3.8, 4) is 0 Å². The van der Waals surface area contributed by atoms with Gasteiger partial charge in [0.25, 0.3) is 0 Å². The Morgan fingerprint density at radius 3 is 2.12 bits per heavy atom. The Morgan fingerprint density at radius 2 is 2.00 bits per heavy atom. The summed E-state index contributed by atoms with van der Waals surface area (Å²) in [6.45, 7) is 6.44. The molecule has 0 unspecified atom stereocenters. The fraction of sp³-hybridized carbons (Fsp3) is 0.625. The summed E-state index contributed by atoms with van der Waals surface area (Å²) in [5.41, 5.74) is 1.47. The van der Waals surface area contributed by atoms with Gasteiger partial charge in [-0.3, -0.25) is 0 Å². The highest BCUT2D eigenvalue weighted by Crippen LogP contribution is 2.05. The van der Waals surface area contributed by atoms with E-state index in [1.165, 1.54) is 12.0 Å². The van der Waals surface area contributed by atoms with Gasteiger partial charge in [-0.15, -0.1) is 0 Å². The number of rotatable bonds is 3. The lowest BCUT2D eigenvalue weighted by molar-refractivity contribution is 1.02. The molecule has 0 aromatic carbocycles. The molecule has 0 fully saturated rings. The van der Waals surface area contributed by atoms with E-state index in [0.29, 0.717) is 0 Å². The molecule has 0 saturated heterocycles. The van der Waals surface area contributed by atoms with Gasteiger partial charge in [-0.1, -0.05) is 25.5 Å². The lowest BCUT2D eigenvalue weighted by Gasteiger charge is -1.96. The first-order valence-electron chi connectivity index (χ1n) is 3.33. The summed E-state index contributed by atoms with van der Waals surface area (Å²) in [4.78, 5) is 0. The molecule has 0 aliphatic heterocycles. The predicted molar refractivity (Wildman–Crippen MR) is 38.6 cm³/mol. The molecule has 8 heavy (non-hydrogen) atoms. The van der Waals surface area contributed by atoms with Crippen molar-refractivity contribution in [3.05, 3.63) is 18.1 Å². The molecular formula is C8H15. The van der Waals surface area contributed by atoms with Gasteiger partial charge in [-0.05, 0) is 26.2 Å². The second-order valence-corrected chi connectivity index (χ2v) is 1.83. The summed E-state index contributed by atoms with van der Waals surface area (Å²) in [5, 5.41) is 0. The fourth-order valence-electron chi connectivity index (χ4n) is 0.729. The van der Waals surface area contributed by atoms with Crippen LogP contribution in [0.4, 0.5) is 0 Å². The summed E-state index contributed by atoms with van der Waals surface area (Å²) >= 11 is 0. The van der Waals surface area contributed by atoms with E-state index in [9.17, 15) is 0 Å². The Morgan fingerprint density at radius 1 is 1.38 bits per heavy atom. The first kappa shape index (κ1) is 7.74. The Labute approximate surface area is 52.6 Å². The Hall–Kier alpha value is -0.260. The van der Waals surface area contributed by atoms with Gasteiger partial charge in [0.1, 0.15) is 0 Å². The first-order valence-corrected chi connectivity index (χ1v) is 3.33. The molecule has 0 bridgehead atoms. The summed E-state index contributed by atoms with van der Waals surface area (Å²) in [6, 6.07) is 0. The molecule has 0 N–H and O–H groups in total. The second-order valence-electron chi connectivity index (χ2n) is 1.83. The monoisotopic (exact) mass is 111 g/mol. The molecule has 0 rings (SSSR count). The van der Waals surface area contributed by atoms with E-state index in [2.05, 4.69) is 33.3 Å². The van der Waals surface area contributed by atoms with Crippen molar-refractivity contribution in [1.29, 1.82) is 0 Å². The zero-order valence-electron chi connectivity index (χ0n) is 6.07. The summed E-state index contributed by atoms with van der Waals surface area (Å²) in [5.74, 6) is 0. The van der Waals surface area contributed by atoms with Crippen LogP contribution in [0.15, 0.2) is 11.6 Å². The van der Waals surface area contributed by atoms with E-state index in [4.69, 9.17) is 0 Å². The van der Waals surface area contributed by atoms with Gasteiger partial charge in [0.2, 0.25) is 0 Å². The van der Waals surface area contributed by atoms with E-state index >= 15 is 0 Å². The third-order valence-corrected chi connectivity index (χ3v) is 1.25. The minimum atomic E-state index is 1.16. The summed E-state index contributed by atoms with van der Waals surface area (Å²) < 4.78 is 0. The van der Waals surface area contributed by atoms with Crippen LogP contribution in [0.3, 0.4) is 0 Å². The van der Waals surface area contributed by atoms with E-state index in [0.717, 1.165) is 6.42 Å².